The number of pyridine rings is 1. The first kappa shape index (κ1) is 16.7. The van der Waals surface area contributed by atoms with Crippen LogP contribution in [0.4, 0.5) is 0 Å². The molecule has 5 nitrogen and oxygen atoms in total. The second kappa shape index (κ2) is 6.21. The maximum absolute atomic E-state index is 12.7. The second-order valence-electron chi connectivity index (χ2n) is 6.62. The topological polar surface area (TPSA) is 76.1 Å². The normalized spacial score (nSPS) is 14.3. The molecule has 1 saturated carbocycles. The van der Waals surface area contributed by atoms with Crippen LogP contribution in [-0.4, -0.2) is 31.6 Å². The Morgan fingerprint density at radius 3 is 2.42 bits per heavy atom. The van der Waals surface area contributed by atoms with Crippen LogP contribution in [0.1, 0.15) is 23.2 Å². The summed E-state index contributed by atoms with van der Waals surface area (Å²) in [6, 6.07) is 16.1. The van der Waals surface area contributed by atoms with Crippen LogP contribution in [0, 0.1) is 0 Å². The van der Waals surface area contributed by atoms with Crippen molar-refractivity contribution in [1.82, 2.24) is 10.3 Å². The predicted octanol–water partition coefficient (Wildman–Crippen LogP) is 3.20. The van der Waals surface area contributed by atoms with Gasteiger partial charge < -0.3 is 5.32 Å². The Hall–Kier alpha value is -2.73. The quantitative estimate of drug-likeness (QED) is 0.769. The van der Waals surface area contributed by atoms with Crippen LogP contribution in [0.25, 0.3) is 22.2 Å². The average molecular weight is 366 g/mol. The zero-order valence-electron chi connectivity index (χ0n) is 14.3. The number of benzene rings is 2. The third kappa shape index (κ3) is 3.32. The number of carbonyl (C=O) groups excluding carboxylic acids is 1. The number of rotatable bonds is 4. The summed E-state index contributed by atoms with van der Waals surface area (Å²) >= 11 is 0. The molecule has 0 atom stereocenters. The van der Waals surface area contributed by atoms with Crippen molar-refractivity contribution in [2.75, 3.05) is 6.26 Å². The van der Waals surface area contributed by atoms with Crippen molar-refractivity contribution in [1.29, 1.82) is 0 Å². The van der Waals surface area contributed by atoms with E-state index in [0.717, 1.165) is 29.3 Å². The fraction of sp³-hybridized carbons (Fsp3) is 0.200. The molecule has 0 saturated heterocycles. The molecule has 0 spiro atoms. The molecule has 1 N–H and O–H groups in total. The van der Waals surface area contributed by atoms with Gasteiger partial charge in [-0.15, -0.1) is 0 Å². The lowest BCUT2D eigenvalue weighted by atomic mass is 10.0. The summed E-state index contributed by atoms with van der Waals surface area (Å²) in [5, 5.41) is 3.83. The standard InChI is InChI=1S/C20H18N2O3S/c1-26(24,25)15-10-6-13(7-11-15)19-12-17(20(23)21-14-8-9-14)16-4-2-3-5-18(16)22-19/h2-7,10-12,14H,8-9H2,1H3,(H,21,23). The number of hydrogen-bond donors (Lipinski definition) is 1. The molecular weight excluding hydrogens is 348 g/mol. The summed E-state index contributed by atoms with van der Waals surface area (Å²) in [5.41, 5.74) is 2.73. The van der Waals surface area contributed by atoms with Crippen molar-refractivity contribution in [3.05, 3.63) is 60.2 Å². The Morgan fingerprint density at radius 2 is 1.77 bits per heavy atom. The number of hydrogen-bond acceptors (Lipinski definition) is 4. The fourth-order valence-corrected chi connectivity index (χ4v) is 3.51. The zero-order valence-corrected chi connectivity index (χ0v) is 15.1. The van der Waals surface area contributed by atoms with Crippen LogP contribution < -0.4 is 5.32 Å². The highest BCUT2D eigenvalue weighted by atomic mass is 32.2. The van der Waals surface area contributed by atoms with Crippen LogP contribution >= 0.6 is 0 Å². The van der Waals surface area contributed by atoms with Gasteiger partial charge in [0.05, 0.1) is 21.7 Å². The van der Waals surface area contributed by atoms with Crippen LogP contribution in [0.15, 0.2) is 59.5 Å². The Kier molecular flexibility index (Phi) is 4.00. The minimum absolute atomic E-state index is 0.0971. The Bertz CT molecular complexity index is 1100. The smallest absolute Gasteiger partial charge is 0.252 e. The third-order valence-corrected chi connectivity index (χ3v) is 5.58. The summed E-state index contributed by atoms with van der Waals surface area (Å²) < 4.78 is 23.3. The molecule has 1 aliphatic carbocycles. The molecule has 26 heavy (non-hydrogen) atoms. The highest BCUT2D eigenvalue weighted by Crippen LogP contribution is 2.27. The Balaban J connectivity index is 1.81. The molecule has 1 aromatic heterocycles. The van der Waals surface area contributed by atoms with Crippen molar-refractivity contribution in [3.63, 3.8) is 0 Å². The van der Waals surface area contributed by atoms with Crippen LogP contribution in [0.2, 0.25) is 0 Å². The van der Waals surface area contributed by atoms with Gasteiger partial charge in [0.15, 0.2) is 9.84 Å². The van der Waals surface area contributed by atoms with Gasteiger partial charge in [-0.3, -0.25) is 4.79 Å². The van der Waals surface area contributed by atoms with E-state index in [-0.39, 0.29) is 16.8 Å². The summed E-state index contributed by atoms with van der Waals surface area (Å²) in [6.07, 6.45) is 3.22. The second-order valence-corrected chi connectivity index (χ2v) is 8.63. The van der Waals surface area contributed by atoms with E-state index in [1.54, 1.807) is 30.3 Å². The minimum atomic E-state index is -3.25. The molecule has 132 valence electrons. The number of nitrogens with one attached hydrogen (secondary N) is 1. The molecule has 1 fully saturated rings. The Labute approximate surface area is 152 Å². The molecule has 6 heteroatoms. The molecule has 1 heterocycles. The highest BCUT2D eigenvalue weighted by molar-refractivity contribution is 7.90. The van der Waals surface area contributed by atoms with Gasteiger partial charge in [0.25, 0.3) is 5.91 Å². The number of carbonyl (C=O) groups is 1. The van der Waals surface area contributed by atoms with E-state index in [1.165, 1.54) is 6.26 Å². The predicted molar refractivity (Wildman–Crippen MR) is 101 cm³/mol. The SMILES string of the molecule is CS(=O)(=O)c1ccc(-c2cc(C(=O)NC3CC3)c3ccccc3n2)cc1. The summed E-state index contributed by atoms with van der Waals surface area (Å²) in [4.78, 5) is 17.6. The van der Waals surface area contributed by atoms with Crippen LogP contribution in [0.5, 0.6) is 0 Å². The van der Waals surface area contributed by atoms with E-state index in [4.69, 9.17) is 0 Å². The molecule has 1 aliphatic rings. The molecule has 4 rings (SSSR count). The number of amides is 1. The van der Waals surface area contributed by atoms with Gasteiger partial charge >= 0.3 is 0 Å². The summed E-state index contributed by atoms with van der Waals surface area (Å²) in [5.74, 6) is -0.0971. The average Bonchev–Trinajstić information content (AvgIpc) is 3.44. The van der Waals surface area contributed by atoms with Crippen molar-refractivity contribution in [2.45, 2.75) is 23.8 Å². The lowest BCUT2D eigenvalue weighted by molar-refractivity contribution is 0.0952. The molecule has 2 aromatic carbocycles. The van der Waals surface area contributed by atoms with Crippen molar-refractivity contribution >= 4 is 26.6 Å². The molecule has 3 aromatic rings. The summed E-state index contributed by atoms with van der Waals surface area (Å²) in [7, 11) is -3.25. The number of nitrogens with zero attached hydrogens (tertiary/aromatic N) is 1. The van der Waals surface area contributed by atoms with E-state index in [9.17, 15) is 13.2 Å². The monoisotopic (exact) mass is 366 g/mol. The molecular formula is C20H18N2O3S. The van der Waals surface area contributed by atoms with Crippen molar-refractivity contribution < 1.29 is 13.2 Å². The van der Waals surface area contributed by atoms with Gasteiger partial charge in [-0.05, 0) is 37.1 Å². The number of fused-ring (bicyclic) bond motifs is 1. The highest BCUT2D eigenvalue weighted by Gasteiger charge is 2.25. The number of aromatic nitrogens is 1. The minimum Gasteiger partial charge on any atom is -0.349 e. The van der Waals surface area contributed by atoms with E-state index in [1.807, 2.05) is 24.3 Å². The van der Waals surface area contributed by atoms with Gasteiger partial charge in [-0.1, -0.05) is 30.3 Å². The van der Waals surface area contributed by atoms with E-state index in [0.29, 0.717) is 11.3 Å². The largest absolute Gasteiger partial charge is 0.349 e. The first-order valence-electron chi connectivity index (χ1n) is 8.43. The van der Waals surface area contributed by atoms with Crippen molar-refractivity contribution in [2.24, 2.45) is 0 Å². The van der Waals surface area contributed by atoms with Gasteiger partial charge in [0, 0.05) is 23.2 Å². The van der Waals surface area contributed by atoms with E-state index >= 15 is 0 Å². The van der Waals surface area contributed by atoms with E-state index < -0.39 is 9.84 Å². The van der Waals surface area contributed by atoms with Crippen LogP contribution in [0.3, 0.4) is 0 Å². The fourth-order valence-electron chi connectivity index (χ4n) is 2.87. The van der Waals surface area contributed by atoms with Gasteiger partial charge in [-0.2, -0.15) is 0 Å². The first-order chi connectivity index (χ1) is 12.4. The lowest BCUT2D eigenvalue weighted by Gasteiger charge is -2.10. The molecule has 0 aliphatic heterocycles. The number of sulfone groups is 1. The summed E-state index contributed by atoms with van der Waals surface area (Å²) in [6.45, 7) is 0. The van der Waals surface area contributed by atoms with E-state index in [2.05, 4.69) is 10.3 Å². The van der Waals surface area contributed by atoms with Gasteiger partial charge in [-0.25, -0.2) is 13.4 Å². The van der Waals surface area contributed by atoms with Gasteiger partial charge in [0.2, 0.25) is 0 Å². The first-order valence-corrected chi connectivity index (χ1v) is 10.3. The molecule has 0 radical (unpaired) electrons. The maximum Gasteiger partial charge on any atom is 0.252 e. The maximum atomic E-state index is 12.7. The number of para-hydroxylation sites is 1. The molecule has 0 bridgehead atoms. The van der Waals surface area contributed by atoms with Crippen LogP contribution in [-0.2, 0) is 9.84 Å². The lowest BCUT2D eigenvalue weighted by Crippen LogP contribution is -2.25. The van der Waals surface area contributed by atoms with Gasteiger partial charge in [0.1, 0.15) is 0 Å². The molecule has 0 unspecified atom stereocenters. The zero-order chi connectivity index (χ0) is 18.3. The molecule has 1 amide bonds. The third-order valence-electron chi connectivity index (χ3n) is 4.45. The Morgan fingerprint density at radius 1 is 1.08 bits per heavy atom. The van der Waals surface area contributed by atoms with Crippen molar-refractivity contribution in [3.8, 4) is 11.3 Å².